The fourth-order valence-corrected chi connectivity index (χ4v) is 4.65. The Morgan fingerprint density at radius 3 is 2.96 bits per heavy atom. The van der Waals surface area contributed by atoms with Crippen molar-refractivity contribution in [3.05, 3.63) is 22.4 Å². The zero-order valence-corrected chi connectivity index (χ0v) is 17.5. The summed E-state index contributed by atoms with van der Waals surface area (Å²) in [6.45, 7) is 6.91. The first kappa shape index (κ1) is 21.2. The normalized spacial score (nSPS) is 21.7. The monoisotopic (exact) mass is 380 g/mol. The minimum absolute atomic E-state index is 0.504. The summed E-state index contributed by atoms with van der Waals surface area (Å²) >= 11 is 1.87. The van der Waals surface area contributed by atoms with Gasteiger partial charge in [-0.3, -0.25) is 9.89 Å². The van der Waals surface area contributed by atoms with Gasteiger partial charge in [0.2, 0.25) is 0 Å². The van der Waals surface area contributed by atoms with Crippen molar-refractivity contribution in [1.29, 1.82) is 0 Å². The van der Waals surface area contributed by atoms with E-state index in [1.807, 2.05) is 11.3 Å². The number of rotatable bonds is 10. The summed E-state index contributed by atoms with van der Waals surface area (Å²) in [6, 6.07) is 4.94. The molecular formula is C20H36N4OS. The zero-order valence-electron chi connectivity index (χ0n) is 16.7. The molecule has 0 spiro atoms. The molecule has 0 aliphatic carbocycles. The van der Waals surface area contributed by atoms with E-state index >= 15 is 0 Å². The second-order valence-electron chi connectivity index (χ2n) is 7.04. The number of thiophene rings is 1. The highest BCUT2D eigenvalue weighted by Gasteiger charge is 2.31. The summed E-state index contributed by atoms with van der Waals surface area (Å²) in [5.41, 5.74) is 0. The molecule has 148 valence electrons. The highest BCUT2D eigenvalue weighted by molar-refractivity contribution is 7.10. The molecular weight excluding hydrogens is 344 g/mol. The molecule has 0 saturated carbocycles. The van der Waals surface area contributed by atoms with Crippen molar-refractivity contribution < 1.29 is 4.74 Å². The van der Waals surface area contributed by atoms with Crippen LogP contribution in [0.2, 0.25) is 0 Å². The van der Waals surface area contributed by atoms with Crippen molar-refractivity contribution in [2.45, 2.75) is 45.1 Å². The van der Waals surface area contributed by atoms with Crippen LogP contribution in [0.25, 0.3) is 0 Å². The summed E-state index contributed by atoms with van der Waals surface area (Å²) in [5.74, 6) is 1.54. The Balaban J connectivity index is 1.87. The van der Waals surface area contributed by atoms with Crippen molar-refractivity contribution in [1.82, 2.24) is 15.5 Å². The standard InChI is InChI=1S/C20H36N4OS/c1-4-21-20(22-12-6-5-7-14-25-3)23-16-17-10-8-13-24(2)19(17)18-11-9-15-26-18/h9,11,15,17,19H,4-8,10,12-14,16H2,1-3H3,(H2,21,22,23). The van der Waals surface area contributed by atoms with Crippen LogP contribution in [0.5, 0.6) is 0 Å². The second-order valence-corrected chi connectivity index (χ2v) is 8.02. The van der Waals surface area contributed by atoms with Crippen molar-refractivity contribution in [3.63, 3.8) is 0 Å². The van der Waals surface area contributed by atoms with Gasteiger partial charge in [-0.25, -0.2) is 0 Å². The number of unbranched alkanes of at least 4 members (excludes halogenated alkanes) is 2. The first-order valence-corrected chi connectivity index (χ1v) is 10.9. The van der Waals surface area contributed by atoms with E-state index < -0.39 is 0 Å². The lowest BCUT2D eigenvalue weighted by Crippen LogP contribution is -2.40. The molecule has 2 unspecified atom stereocenters. The van der Waals surface area contributed by atoms with Crippen LogP contribution in [0.15, 0.2) is 22.5 Å². The van der Waals surface area contributed by atoms with Gasteiger partial charge in [0.15, 0.2) is 5.96 Å². The van der Waals surface area contributed by atoms with Gasteiger partial charge in [0.25, 0.3) is 0 Å². The van der Waals surface area contributed by atoms with Gasteiger partial charge in [-0.15, -0.1) is 11.3 Å². The maximum atomic E-state index is 5.10. The average Bonchev–Trinajstić information content (AvgIpc) is 3.16. The first-order valence-electron chi connectivity index (χ1n) is 10.0. The molecule has 1 aliphatic heterocycles. The third kappa shape index (κ3) is 6.89. The van der Waals surface area contributed by atoms with Crippen molar-refractivity contribution >= 4 is 17.3 Å². The summed E-state index contributed by atoms with van der Waals surface area (Å²) in [5, 5.41) is 9.06. The Bertz CT molecular complexity index is 506. The highest BCUT2D eigenvalue weighted by Crippen LogP contribution is 2.37. The van der Waals surface area contributed by atoms with E-state index in [1.54, 1.807) is 7.11 Å². The molecule has 1 aromatic rings. The zero-order chi connectivity index (χ0) is 18.6. The lowest BCUT2D eigenvalue weighted by molar-refractivity contribution is 0.128. The Hall–Kier alpha value is -1.11. The van der Waals surface area contributed by atoms with Gasteiger partial charge in [-0.05, 0) is 70.0 Å². The van der Waals surface area contributed by atoms with Crippen LogP contribution >= 0.6 is 11.3 Å². The van der Waals surface area contributed by atoms with Crippen LogP contribution in [-0.4, -0.2) is 57.8 Å². The van der Waals surface area contributed by atoms with Gasteiger partial charge in [0.05, 0.1) is 0 Å². The topological polar surface area (TPSA) is 48.9 Å². The summed E-state index contributed by atoms with van der Waals surface area (Å²) in [6.07, 6.45) is 5.99. The van der Waals surface area contributed by atoms with Crippen molar-refractivity contribution in [2.24, 2.45) is 10.9 Å². The van der Waals surface area contributed by atoms with E-state index in [0.717, 1.165) is 45.0 Å². The molecule has 1 aliphatic rings. The van der Waals surface area contributed by atoms with Crippen LogP contribution in [-0.2, 0) is 4.74 Å². The predicted molar refractivity (Wildman–Crippen MR) is 112 cm³/mol. The molecule has 1 aromatic heterocycles. The number of methoxy groups -OCH3 is 1. The van der Waals surface area contributed by atoms with E-state index in [0.29, 0.717) is 12.0 Å². The molecule has 2 atom stereocenters. The molecule has 0 radical (unpaired) electrons. The molecule has 1 fully saturated rings. The number of hydrogen-bond donors (Lipinski definition) is 2. The van der Waals surface area contributed by atoms with Gasteiger partial charge in [-0.1, -0.05) is 6.07 Å². The number of piperidine rings is 1. The van der Waals surface area contributed by atoms with Crippen LogP contribution in [0.1, 0.15) is 49.9 Å². The van der Waals surface area contributed by atoms with E-state index in [9.17, 15) is 0 Å². The second kappa shape index (κ2) is 12.3. The molecule has 2 rings (SSSR count). The summed E-state index contributed by atoms with van der Waals surface area (Å²) in [7, 11) is 4.02. The number of hydrogen-bond acceptors (Lipinski definition) is 4. The summed E-state index contributed by atoms with van der Waals surface area (Å²) < 4.78 is 5.10. The van der Waals surface area contributed by atoms with Crippen molar-refractivity contribution in [3.8, 4) is 0 Å². The number of aliphatic imine (C=N–C) groups is 1. The molecule has 2 heterocycles. The first-order chi connectivity index (χ1) is 12.8. The molecule has 6 heteroatoms. The van der Waals surface area contributed by atoms with E-state index in [2.05, 4.69) is 47.0 Å². The molecule has 26 heavy (non-hydrogen) atoms. The van der Waals surface area contributed by atoms with Gasteiger partial charge in [0, 0.05) is 44.3 Å². The third-order valence-corrected chi connectivity index (χ3v) is 5.93. The van der Waals surface area contributed by atoms with Gasteiger partial charge >= 0.3 is 0 Å². The fraction of sp³-hybridized carbons (Fsp3) is 0.750. The van der Waals surface area contributed by atoms with E-state index in [-0.39, 0.29) is 0 Å². The Labute approximate surface area is 163 Å². The van der Waals surface area contributed by atoms with Crippen LogP contribution in [0.4, 0.5) is 0 Å². The molecule has 1 saturated heterocycles. The van der Waals surface area contributed by atoms with Gasteiger partial charge in [0.1, 0.15) is 0 Å². The average molecular weight is 381 g/mol. The maximum Gasteiger partial charge on any atom is 0.191 e. The number of nitrogens with zero attached hydrogens (tertiary/aromatic N) is 2. The molecule has 5 nitrogen and oxygen atoms in total. The highest BCUT2D eigenvalue weighted by atomic mass is 32.1. The molecule has 0 bridgehead atoms. The minimum Gasteiger partial charge on any atom is -0.385 e. The smallest absolute Gasteiger partial charge is 0.191 e. The molecule has 0 aromatic carbocycles. The van der Waals surface area contributed by atoms with Gasteiger partial charge < -0.3 is 15.4 Å². The SMILES string of the molecule is CCNC(=NCC1CCCN(C)C1c1cccs1)NCCCCCOC. The molecule has 2 N–H and O–H groups in total. The predicted octanol–water partition coefficient (Wildman–Crippen LogP) is 3.50. The van der Waals surface area contributed by atoms with Crippen LogP contribution in [0.3, 0.4) is 0 Å². The lowest BCUT2D eigenvalue weighted by atomic mass is 9.88. The van der Waals surface area contributed by atoms with E-state index in [4.69, 9.17) is 9.73 Å². The Morgan fingerprint density at radius 2 is 2.23 bits per heavy atom. The minimum atomic E-state index is 0.504. The Morgan fingerprint density at radius 1 is 1.35 bits per heavy atom. The van der Waals surface area contributed by atoms with Gasteiger partial charge in [-0.2, -0.15) is 0 Å². The van der Waals surface area contributed by atoms with Crippen LogP contribution in [0, 0.1) is 5.92 Å². The fourth-order valence-electron chi connectivity index (χ4n) is 3.67. The summed E-state index contributed by atoms with van der Waals surface area (Å²) in [4.78, 5) is 8.89. The van der Waals surface area contributed by atoms with E-state index in [1.165, 1.54) is 30.7 Å². The number of likely N-dealkylation sites (tertiary alicyclic amines) is 1. The number of nitrogens with one attached hydrogen (secondary N) is 2. The lowest BCUT2D eigenvalue weighted by Gasteiger charge is -2.38. The quantitative estimate of drug-likeness (QED) is 0.370. The maximum absolute atomic E-state index is 5.10. The van der Waals surface area contributed by atoms with Crippen molar-refractivity contribution in [2.75, 3.05) is 46.9 Å². The number of ether oxygens (including phenoxy) is 1. The number of guanidine groups is 1. The van der Waals surface area contributed by atoms with Crippen LogP contribution < -0.4 is 10.6 Å². The Kier molecular flexibility index (Phi) is 10.0. The molecule has 0 amide bonds. The largest absolute Gasteiger partial charge is 0.385 e. The third-order valence-electron chi connectivity index (χ3n) is 4.99.